The Kier molecular flexibility index (Phi) is 4.23. The largest absolute Gasteiger partial charge is 0.288 e. The topological polar surface area (TPSA) is 39.1 Å². The van der Waals surface area contributed by atoms with Crippen molar-refractivity contribution < 1.29 is 9.59 Å². The standard InChI is InChI=1S/C8H6Cl3NO2.C6H4/c1-5(13)12-4-2-3-6(12)7(14)8(9,10)11;1-2-6-4-3-5(1)6/h2-4H,1H3;1-4H. The van der Waals surface area contributed by atoms with Gasteiger partial charge in [0.25, 0.3) is 3.79 Å². The molecule has 1 aromatic rings. The van der Waals surface area contributed by atoms with Crippen LogP contribution in [-0.2, 0) is 0 Å². The highest BCUT2D eigenvalue weighted by atomic mass is 35.6. The Balaban J connectivity index is 0.000000198. The molecule has 0 unspecified atom stereocenters. The van der Waals surface area contributed by atoms with Gasteiger partial charge in [0.05, 0.1) is 5.69 Å². The third-order valence-electron chi connectivity index (χ3n) is 2.80. The van der Waals surface area contributed by atoms with E-state index in [0.717, 1.165) is 4.57 Å². The Morgan fingerprint density at radius 2 is 1.50 bits per heavy atom. The molecule has 2 aliphatic carbocycles. The highest BCUT2D eigenvalue weighted by molar-refractivity contribution is 6.77. The van der Waals surface area contributed by atoms with E-state index in [0.29, 0.717) is 0 Å². The number of carbonyl (C=O) groups is 2. The van der Waals surface area contributed by atoms with E-state index in [1.807, 2.05) is 0 Å². The predicted octanol–water partition coefficient (Wildman–Crippen LogP) is 4.37. The van der Waals surface area contributed by atoms with Gasteiger partial charge in [-0.1, -0.05) is 59.1 Å². The number of hydrogen-bond donors (Lipinski definition) is 0. The minimum absolute atomic E-state index is 0.0671. The molecule has 3 rings (SSSR count). The van der Waals surface area contributed by atoms with E-state index in [-0.39, 0.29) is 11.6 Å². The smallest absolute Gasteiger partial charge is 0.255 e. The maximum atomic E-state index is 11.5. The first-order valence-corrected chi connectivity index (χ1v) is 6.84. The molecule has 0 aromatic carbocycles. The minimum Gasteiger partial charge on any atom is -0.288 e. The second-order valence-electron chi connectivity index (χ2n) is 4.19. The van der Waals surface area contributed by atoms with Crippen molar-refractivity contribution in [1.29, 1.82) is 0 Å². The number of rotatable bonds is 1. The van der Waals surface area contributed by atoms with Gasteiger partial charge in [-0.25, -0.2) is 0 Å². The zero-order chi connectivity index (χ0) is 14.9. The number of aromatic nitrogens is 1. The molecule has 0 N–H and O–H groups in total. The molecular formula is C14H10Cl3NO2. The summed E-state index contributed by atoms with van der Waals surface area (Å²) in [7, 11) is 0. The van der Waals surface area contributed by atoms with Crippen LogP contribution in [0.3, 0.4) is 0 Å². The fourth-order valence-electron chi connectivity index (χ4n) is 1.65. The first-order chi connectivity index (χ1) is 9.30. The van der Waals surface area contributed by atoms with Gasteiger partial charge in [-0.05, 0) is 23.3 Å². The summed E-state index contributed by atoms with van der Waals surface area (Å²) in [5.41, 5.74) is 2.92. The van der Waals surface area contributed by atoms with Crippen LogP contribution in [0.4, 0.5) is 0 Å². The van der Waals surface area contributed by atoms with E-state index < -0.39 is 9.58 Å². The predicted molar refractivity (Wildman–Crippen MR) is 80.8 cm³/mol. The molecule has 0 saturated heterocycles. The van der Waals surface area contributed by atoms with Gasteiger partial charge in [0.1, 0.15) is 0 Å². The van der Waals surface area contributed by atoms with Gasteiger partial charge in [-0.15, -0.1) is 0 Å². The monoisotopic (exact) mass is 329 g/mol. The van der Waals surface area contributed by atoms with Crippen molar-refractivity contribution in [2.24, 2.45) is 0 Å². The van der Waals surface area contributed by atoms with E-state index >= 15 is 0 Å². The molecule has 0 fully saturated rings. The van der Waals surface area contributed by atoms with Crippen LogP contribution in [0.2, 0.25) is 0 Å². The lowest BCUT2D eigenvalue weighted by molar-refractivity contribution is 0.0905. The molecule has 2 aliphatic rings. The number of carbonyl (C=O) groups excluding carboxylic acids is 2. The summed E-state index contributed by atoms with van der Waals surface area (Å²) in [6.07, 6.45) is 1.44. The summed E-state index contributed by atoms with van der Waals surface area (Å²) in [5.74, 6) is -1.03. The number of hydrogen-bond acceptors (Lipinski definition) is 2. The zero-order valence-corrected chi connectivity index (χ0v) is 12.7. The van der Waals surface area contributed by atoms with Crippen LogP contribution in [-0.4, -0.2) is 20.1 Å². The fourth-order valence-corrected chi connectivity index (χ4v) is 1.94. The Bertz CT molecular complexity index is 633. The summed E-state index contributed by atoms with van der Waals surface area (Å²) in [5, 5.41) is 0. The van der Waals surface area contributed by atoms with Crippen molar-refractivity contribution in [2.75, 3.05) is 0 Å². The van der Waals surface area contributed by atoms with Crippen molar-refractivity contribution in [3.63, 3.8) is 0 Å². The molecule has 20 heavy (non-hydrogen) atoms. The van der Waals surface area contributed by atoms with Crippen LogP contribution in [0.15, 0.2) is 42.6 Å². The lowest BCUT2D eigenvalue weighted by atomic mass is 9.95. The number of alkyl halides is 3. The fraction of sp³-hybridized carbons (Fsp3) is 0.143. The van der Waals surface area contributed by atoms with Crippen LogP contribution >= 0.6 is 34.8 Å². The molecule has 3 nitrogen and oxygen atoms in total. The number of nitrogens with zero attached hydrogens (tertiary/aromatic N) is 1. The maximum absolute atomic E-state index is 11.5. The number of ketones is 1. The minimum atomic E-state index is -2.04. The number of Topliss-reactive ketones (excluding diaryl/α,β-unsaturated/α-hetero) is 1. The summed E-state index contributed by atoms with van der Waals surface area (Å²) in [6, 6.07) is 11.4. The van der Waals surface area contributed by atoms with Gasteiger partial charge in [0.15, 0.2) is 0 Å². The number of benzene rings is 1. The van der Waals surface area contributed by atoms with Crippen LogP contribution in [0.5, 0.6) is 0 Å². The zero-order valence-electron chi connectivity index (χ0n) is 10.4. The third kappa shape index (κ3) is 3.06. The van der Waals surface area contributed by atoms with Gasteiger partial charge in [0, 0.05) is 13.1 Å². The Morgan fingerprint density at radius 3 is 1.80 bits per heavy atom. The van der Waals surface area contributed by atoms with Gasteiger partial charge in [-0.3, -0.25) is 14.2 Å². The maximum Gasteiger partial charge on any atom is 0.255 e. The molecule has 0 radical (unpaired) electrons. The van der Waals surface area contributed by atoms with Crippen molar-refractivity contribution in [2.45, 2.75) is 10.7 Å². The molecule has 6 heteroatoms. The van der Waals surface area contributed by atoms with Crippen molar-refractivity contribution in [3.05, 3.63) is 48.3 Å². The summed E-state index contributed by atoms with van der Waals surface area (Å²) >= 11 is 16.2. The average molecular weight is 331 g/mol. The Morgan fingerprint density at radius 1 is 1.00 bits per heavy atom. The highest BCUT2D eigenvalue weighted by Gasteiger charge is 2.33. The van der Waals surface area contributed by atoms with Crippen molar-refractivity contribution in [3.8, 4) is 11.1 Å². The summed E-state index contributed by atoms with van der Waals surface area (Å²) in [6.45, 7) is 1.31. The number of halogens is 3. The third-order valence-corrected chi connectivity index (χ3v) is 3.31. The molecule has 1 aromatic heterocycles. The SMILES string of the molecule is CC(=O)n1cccc1C(=O)C(Cl)(Cl)Cl.c1cc2ccc1-2. The van der Waals surface area contributed by atoms with E-state index in [1.165, 1.54) is 36.4 Å². The molecule has 0 aliphatic heterocycles. The molecular weight excluding hydrogens is 321 g/mol. The Labute approximate surface area is 131 Å². The van der Waals surface area contributed by atoms with E-state index in [2.05, 4.69) is 24.3 Å². The van der Waals surface area contributed by atoms with Crippen molar-refractivity contribution >= 4 is 46.5 Å². The lowest BCUT2D eigenvalue weighted by Gasteiger charge is -2.10. The first kappa shape index (κ1) is 15.1. The Hall–Kier alpha value is -1.29. The molecule has 0 saturated carbocycles. The molecule has 0 atom stereocenters. The highest BCUT2D eigenvalue weighted by Crippen LogP contribution is 2.30. The molecule has 1 heterocycles. The molecule has 0 amide bonds. The van der Waals surface area contributed by atoms with Gasteiger partial charge < -0.3 is 0 Å². The van der Waals surface area contributed by atoms with Crippen LogP contribution in [0.1, 0.15) is 22.2 Å². The van der Waals surface area contributed by atoms with Crippen molar-refractivity contribution in [1.82, 2.24) is 4.57 Å². The van der Waals surface area contributed by atoms with Crippen LogP contribution in [0, 0.1) is 0 Å². The molecule has 104 valence electrons. The average Bonchev–Trinajstić information content (AvgIpc) is 2.81. The number of fused-ring (bicyclic) bond motifs is 1. The normalized spacial score (nSPS) is 11.4. The van der Waals surface area contributed by atoms with Crippen LogP contribution < -0.4 is 0 Å². The summed E-state index contributed by atoms with van der Waals surface area (Å²) < 4.78 is -0.907. The van der Waals surface area contributed by atoms with Gasteiger partial charge in [0.2, 0.25) is 11.7 Å². The quantitative estimate of drug-likeness (QED) is 0.491. The van der Waals surface area contributed by atoms with Gasteiger partial charge >= 0.3 is 0 Å². The second-order valence-corrected chi connectivity index (χ2v) is 6.47. The molecule has 0 spiro atoms. The molecule has 0 bridgehead atoms. The van der Waals surface area contributed by atoms with Gasteiger partial charge in [-0.2, -0.15) is 0 Å². The van der Waals surface area contributed by atoms with Crippen LogP contribution in [0.25, 0.3) is 11.1 Å². The van der Waals surface area contributed by atoms with E-state index in [9.17, 15) is 9.59 Å². The summed E-state index contributed by atoms with van der Waals surface area (Å²) in [4.78, 5) is 22.5. The van der Waals surface area contributed by atoms with E-state index in [4.69, 9.17) is 34.8 Å². The van der Waals surface area contributed by atoms with E-state index in [1.54, 1.807) is 0 Å². The second kappa shape index (κ2) is 5.60. The first-order valence-electron chi connectivity index (χ1n) is 5.71. The lowest BCUT2D eigenvalue weighted by Crippen LogP contribution is -2.23.